The molecule has 0 spiro atoms. The smallest absolute Gasteiger partial charge is 0.338 e. The molecule has 0 amide bonds. The van der Waals surface area contributed by atoms with E-state index in [4.69, 9.17) is 4.74 Å². The van der Waals surface area contributed by atoms with Gasteiger partial charge in [-0.1, -0.05) is 0 Å². The van der Waals surface area contributed by atoms with Gasteiger partial charge >= 0.3 is 23.9 Å². The van der Waals surface area contributed by atoms with Crippen molar-refractivity contribution in [2.24, 2.45) is 0 Å². The van der Waals surface area contributed by atoms with Crippen LogP contribution in [0.5, 0.6) is 0 Å². The molecule has 0 aromatic heterocycles. The molecule has 0 N–H and O–H groups in total. The van der Waals surface area contributed by atoms with Crippen molar-refractivity contribution in [3.63, 3.8) is 0 Å². The standard InChI is InChI=1S/C11H12O4.C6H10O4/c1-3-15-11(13)9-6-4-8(5-7-9)10(12)14-2;1-3-10-6(8)4-5(7)9-2/h4-7H,3H2,1-2H3;3-4H2,1-2H3. The van der Waals surface area contributed by atoms with Crippen molar-refractivity contribution < 1.29 is 38.1 Å². The van der Waals surface area contributed by atoms with E-state index in [0.717, 1.165) is 0 Å². The fourth-order valence-corrected chi connectivity index (χ4v) is 1.48. The second kappa shape index (κ2) is 12.5. The number of benzene rings is 1. The summed E-state index contributed by atoms with van der Waals surface area (Å²) in [5.74, 6) is -1.94. The summed E-state index contributed by atoms with van der Waals surface area (Å²) in [6.45, 7) is 4.03. The Hall–Kier alpha value is -2.90. The van der Waals surface area contributed by atoms with Gasteiger partial charge in [0.05, 0.1) is 38.6 Å². The summed E-state index contributed by atoms with van der Waals surface area (Å²) in [6.07, 6.45) is -0.301. The molecule has 0 fully saturated rings. The summed E-state index contributed by atoms with van der Waals surface area (Å²) in [6, 6.07) is 6.12. The summed E-state index contributed by atoms with van der Waals surface area (Å²) in [4.78, 5) is 43.2. The lowest BCUT2D eigenvalue weighted by Crippen LogP contribution is -2.11. The first-order valence-electron chi connectivity index (χ1n) is 7.47. The zero-order valence-corrected chi connectivity index (χ0v) is 14.7. The van der Waals surface area contributed by atoms with E-state index in [1.807, 2.05) is 0 Å². The number of hydrogen-bond acceptors (Lipinski definition) is 8. The average molecular weight is 354 g/mol. The highest BCUT2D eigenvalue weighted by Gasteiger charge is 2.09. The Morgan fingerprint density at radius 2 is 1.20 bits per heavy atom. The van der Waals surface area contributed by atoms with Gasteiger partial charge in [-0.05, 0) is 38.1 Å². The van der Waals surface area contributed by atoms with Crippen LogP contribution in [0.25, 0.3) is 0 Å². The largest absolute Gasteiger partial charge is 0.469 e. The molecule has 1 rings (SSSR count). The highest BCUT2D eigenvalue weighted by molar-refractivity contribution is 5.93. The third-order valence-corrected chi connectivity index (χ3v) is 2.64. The number of hydrogen-bond donors (Lipinski definition) is 0. The Morgan fingerprint density at radius 3 is 1.60 bits per heavy atom. The summed E-state index contributed by atoms with van der Waals surface area (Å²) in [7, 11) is 2.53. The maximum Gasteiger partial charge on any atom is 0.338 e. The molecule has 25 heavy (non-hydrogen) atoms. The summed E-state index contributed by atoms with van der Waals surface area (Å²) in [5, 5.41) is 0. The van der Waals surface area contributed by atoms with E-state index in [2.05, 4.69) is 14.2 Å². The van der Waals surface area contributed by atoms with E-state index < -0.39 is 23.9 Å². The Labute approximate surface area is 146 Å². The van der Waals surface area contributed by atoms with E-state index in [0.29, 0.717) is 17.7 Å². The van der Waals surface area contributed by atoms with Crippen LogP contribution in [0.3, 0.4) is 0 Å². The third kappa shape index (κ3) is 9.09. The molecule has 0 saturated heterocycles. The fourth-order valence-electron chi connectivity index (χ4n) is 1.48. The maximum atomic E-state index is 11.3. The molecule has 0 aliphatic carbocycles. The number of methoxy groups -OCH3 is 2. The monoisotopic (exact) mass is 354 g/mol. The zero-order valence-electron chi connectivity index (χ0n) is 14.7. The van der Waals surface area contributed by atoms with Gasteiger partial charge in [-0.25, -0.2) is 9.59 Å². The van der Waals surface area contributed by atoms with Gasteiger partial charge in [-0.3, -0.25) is 9.59 Å². The topological polar surface area (TPSA) is 105 Å². The number of rotatable bonds is 6. The van der Waals surface area contributed by atoms with E-state index in [9.17, 15) is 19.2 Å². The van der Waals surface area contributed by atoms with E-state index in [1.165, 1.54) is 38.5 Å². The van der Waals surface area contributed by atoms with Gasteiger partial charge in [-0.15, -0.1) is 0 Å². The van der Waals surface area contributed by atoms with Crippen molar-refractivity contribution >= 4 is 23.9 Å². The van der Waals surface area contributed by atoms with Crippen LogP contribution < -0.4 is 0 Å². The zero-order chi connectivity index (χ0) is 19.2. The van der Waals surface area contributed by atoms with Crippen LogP contribution in [0.1, 0.15) is 41.0 Å². The number of carbonyl (C=O) groups excluding carboxylic acids is 4. The second-order valence-corrected chi connectivity index (χ2v) is 4.35. The van der Waals surface area contributed by atoms with Crippen LogP contribution >= 0.6 is 0 Å². The molecule has 0 saturated carbocycles. The van der Waals surface area contributed by atoms with Gasteiger partial charge in [0.25, 0.3) is 0 Å². The van der Waals surface area contributed by atoms with Crippen LogP contribution in [0.4, 0.5) is 0 Å². The number of carbonyl (C=O) groups is 4. The molecule has 8 nitrogen and oxygen atoms in total. The minimum Gasteiger partial charge on any atom is -0.469 e. The normalized spacial score (nSPS) is 9.12. The van der Waals surface area contributed by atoms with Crippen LogP contribution in [0.15, 0.2) is 24.3 Å². The predicted molar refractivity (Wildman–Crippen MR) is 87.0 cm³/mol. The highest BCUT2D eigenvalue weighted by atomic mass is 16.5. The van der Waals surface area contributed by atoms with Gasteiger partial charge in [0.15, 0.2) is 0 Å². The molecule has 0 aliphatic heterocycles. The molecule has 0 unspecified atom stereocenters. The van der Waals surface area contributed by atoms with Crippen LogP contribution in [0.2, 0.25) is 0 Å². The van der Waals surface area contributed by atoms with Crippen molar-refractivity contribution in [3.05, 3.63) is 35.4 Å². The molecule has 0 atom stereocenters. The first-order valence-corrected chi connectivity index (χ1v) is 7.47. The average Bonchev–Trinajstić information content (AvgIpc) is 2.62. The minimum absolute atomic E-state index is 0.288. The Bertz CT molecular complexity index is 577. The molecule has 1 aromatic carbocycles. The maximum absolute atomic E-state index is 11.3. The molecular formula is C17H22O8. The van der Waals surface area contributed by atoms with Crippen molar-refractivity contribution in [2.45, 2.75) is 20.3 Å². The van der Waals surface area contributed by atoms with Crippen LogP contribution in [-0.4, -0.2) is 51.3 Å². The van der Waals surface area contributed by atoms with Gasteiger partial charge in [-0.2, -0.15) is 0 Å². The lowest BCUT2D eigenvalue weighted by Gasteiger charge is -2.02. The quantitative estimate of drug-likeness (QED) is 0.432. The predicted octanol–water partition coefficient (Wildman–Crippen LogP) is 1.76. The molecule has 138 valence electrons. The minimum atomic E-state index is -0.571. The molecule has 8 heteroatoms. The number of esters is 4. The SMILES string of the molecule is CCOC(=O)CC(=O)OC.CCOC(=O)c1ccc(C(=O)OC)cc1. The molecule has 0 aliphatic rings. The van der Waals surface area contributed by atoms with Crippen molar-refractivity contribution in [2.75, 3.05) is 27.4 Å². The number of ether oxygens (including phenoxy) is 4. The van der Waals surface area contributed by atoms with Crippen LogP contribution in [0, 0.1) is 0 Å². The van der Waals surface area contributed by atoms with Gasteiger partial charge < -0.3 is 18.9 Å². The van der Waals surface area contributed by atoms with E-state index in [1.54, 1.807) is 13.8 Å². The summed E-state index contributed by atoms with van der Waals surface area (Å²) >= 11 is 0. The summed E-state index contributed by atoms with van der Waals surface area (Å²) < 4.78 is 18.0. The third-order valence-electron chi connectivity index (χ3n) is 2.64. The first-order chi connectivity index (χ1) is 11.9. The molecule has 0 heterocycles. The lowest BCUT2D eigenvalue weighted by atomic mass is 10.1. The lowest BCUT2D eigenvalue weighted by molar-refractivity contribution is -0.152. The van der Waals surface area contributed by atoms with Crippen molar-refractivity contribution in [3.8, 4) is 0 Å². The van der Waals surface area contributed by atoms with Crippen molar-refractivity contribution in [1.82, 2.24) is 0 Å². The van der Waals surface area contributed by atoms with Gasteiger partial charge in [0, 0.05) is 0 Å². The second-order valence-electron chi connectivity index (χ2n) is 4.35. The van der Waals surface area contributed by atoms with Crippen molar-refractivity contribution in [1.29, 1.82) is 0 Å². The van der Waals surface area contributed by atoms with Gasteiger partial charge in [0.1, 0.15) is 6.42 Å². The van der Waals surface area contributed by atoms with E-state index in [-0.39, 0.29) is 13.0 Å². The Kier molecular flexibility index (Phi) is 11.1. The first kappa shape index (κ1) is 22.1. The Balaban J connectivity index is 0.000000504. The molecule has 0 radical (unpaired) electrons. The molecular weight excluding hydrogens is 332 g/mol. The fraction of sp³-hybridized carbons (Fsp3) is 0.412. The molecule has 1 aromatic rings. The van der Waals surface area contributed by atoms with E-state index >= 15 is 0 Å². The highest BCUT2D eigenvalue weighted by Crippen LogP contribution is 2.07. The van der Waals surface area contributed by atoms with Gasteiger partial charge in [0.2, 0.25) is 0 Å². The molecule has 0 bridgehead atoms. The van der Waals surface area contributed by atoms with Crippen LogP contribution in [-0.2, 0) is 28.5 Å². The summed E-state index contributed by atoms with van der Waals surface area (Å²) in [5.41, 5.74) is 0.829. The Morgan fingerprint density at radius 1 is 0.720 bits per heavy atom.